The molecule has 0 fully saturated rings. The van der Waals surface area contributed by atoms with Gasteiger partial charge in [0.05, 0.1) is 6.04 Å². The number of phenolic OH excluding ortho intramolecular Hbond substituents is 1. The van der Waals surface area contributed by atoms with Crippen LogP contribution >= 0.6 is 0 Å². The standard InChI is InChI=1S/C10H11F2NO/c1-3-7(13)9-5(2)6(11)4-8(14)10(9)12/h3-4,7,14H,1,13H2,2H3. The quantitative estimate of drug-likeness (QED) is 0.717. The second-order valence-electron chi connectivity index (χ2n) is 2.99. The lowest BCUT2D eigenvalue weighted by Crippen LogP contribution is -2.12. The summed E-state index contributed by atoms with van der Waals surface area (Å²) < 4.78 is 26.4. The maximum Gasteiger partial charge on any atom is 0.170 e. The summed E-state index contributed by atoms with van der Waals surface area (Å²) in [5.74, 6) is -2.31. The number of hydrogen-bond acceptors (Lipinski definition) is 2. The lowest BCUT2D eigenvalue weighted by Gasteiger charge is -2.13. The van der Waals surface area contributed by atoms with Crippen LogP contribution in [0.5, 0.6) is 5.75 Å². The summed E-state index contributed by atoms with van der Waals surface area (Å²) in [6, 6.07) is -0.0964. The molecule has 0 aliphatic heterocycles. The van der Waals surface area contributed by atoms with Crippen molar-refractivity contribution in [1.29, 1.82) is 0 Å². The van der Waals surface area contributed by atoms with Gasteiger partial charge in [-0.3, -0.25) is 0 Å². The molecule has 76 valence electrons. The molecule has 4 heteroatoms. The first-order chi connectivity index (χ1) is 6.49. The molecule has 0 aromatic heterocycles. The van der Waals surface area contributed by atoms with E-state index >= 15 is 0 Å². The minimum absolute atomic E-state index is 0.0579. The Balaban J connectivity index is 3.46. The zero-order valence-electron chi connectivity index (χ0n) is 7.72. The number of hydrogen-bond donors (Lipinski definition) is 2. The van der Waals surface area contributed by atoms with Gasteiger partial charge in [-0.1, -0.05) is 6.08 Å². The molecule has 0 spiro atoms. The van der Waals surface area contributed by atoms with Crippen LogP contribution in [0, 0.1) is 18.6 Å². The van der Waals surface area contributed by atoms with Crippen LogP contribution in [-0.4, -0.2) is 5.11 Å². The SMILES string of the molecule is C=CC(N)c1c(C)c(F)cc(O)c1F. The van der Waals surface area contributed by atoms with Gasteiger partial charge >= 0.3 is 0 Å². The highest BCUT2D eigenvalue weighted by atomic mass is 19.1. The van der Waals surface area contributed by atoms with Crippen molar-refractivity contribution in [2.75, 3.05) is 0 Å². The lowest BCUT2D eigenvalue weighted by molar-refractivity contribution is 0.419. The summed E-state index contributed by atoms with van der Waals surface area (Å²) in [6.07, 6.45) is 1.28. The third-order valence-electron chi connectivity index (χ3n) is 2.07. The average Bonchev–Trinajstić information content (AvgIpc) is 2.15. The molecular formula is C10H11F2NO. The van der Waals surface area contributed by atoms with Gasteiger partial charge in [0.15, 0.2) is 11.6 Å². The van der Waals surface area contributed by atoms with Crippen molar-refractivity contribution < 1.29 is 13.9 Å². The van der Waals surface area contributed by atoms with E-state index in [9.17, 15) is 8.78 Å². The van der Waals surface area contributed by atoms with Crippen molar-refractivity contribution in [3.8, 4) is 5.75 Å². The third-order valence-corrected chi connectivity index (χ3v) is 2.07. The summed E-state index contributed by atoms with van der Waals surface area (Å²) in [4.78, 5) is 0. The fourth-order valence-electron chi connectivity index (χ4n) is 1.24. The van der Waals surface area contributed by atoms with E-state index in [-0.39, 0.29) is 11.1 Å². The molecule has 3 N–H and O–H groups in total. The monoisotopic (exact) mass is 199 g/mol. The molecule has 0 aliphatic carbocycles. The van der Waals surface area contributed by atoms with Crippen LogP contribution < -0.4 is 5.73 Å². The van der Waals surface area contributed by atoms with Crippen molar-refractivity contribution in [2.45, 2.75) is 13.0 Å². The molecule has 0 heterocycles. The van der Waals surface area contributed by atoms with Crippen LogP contribution in [0.4, 0.5) is 8.78 Å². The van der Waals surface area contributed by atoms with Gasteiger partial charge in [0.25, 0.3) is 0 Å². The lowest BCUT2D eigenvalue weighted by atomic mass is 10.00. The molecule has 0 bridgehead atoms. The number of halogens is 2. The Morgan fingerprint density at radius 3 is 2.64 bits per heavy atom. The molecule has 0 amide bonds. The highest BCUT2D eigenvalue weighted by molar-refractivity contribution is 5.40. The van der Waals surface area contributed by atoms with Crippen LogP contribution in [0.15, 0.2) is 18.7 Å². The molecule has 1 rings (SSSR count). The Morgan fingerprint density at radius 1 is 1.57 bits per heavy atom. The van der Waals surface area contributed by atoms with Crippen molar-refractivity contribution >= 4 is 0 Å². The molecule has 0 saturated carbocycles. The van der Waals surface area contributed by atoms with Gasteiger partial charge in [0.1, 0.15) is 5.82 Å². The maximum absolute atomic E-state index is 13.3. The van der Waals surface area contributed by atoms with Crippen LogP contribution in [0.2, 0.25) is 0 Å². The van der Waals surface area contributed by atoms with Crippen LogP contribution in [0.1, 0.15) is 17.2 Å². The van der Waals surface area contributed by atoms with Crippen LogP contribution in [-0.2, 0) is 0 Å². The molecule has 0 aliphatic rings. The zero-order chi connectivity index (χ0) is 10.9. The van der Waals surface area contributed by atoms with Gasteiger partial charge < -0.3 is 10.8 Å². The molecule has 2 nitrogen and oxygen atoms in total. The Labute approximate surface area is 80.7 Å². The van der Waals surface area contributed by atoms with Crippen molar-refractivity contribution in [3.05, 3.63) is 41.5 Å². The normalized spacial score (nSPS) is 12.6. The summed E-state index contributed by atoms with van der Waals surface area (Å²) in [5, 5.41) is 9.04. The molecule has 14 heavy (non-hydrogen) atoms. The smallest absolute Gasteiger partial charge is 0.170 e. The Morgan fingerprint density at radius 2 is 2.14 bits per heavy atom. The molecule has 1 unspecified atom stereocenters. The van der Waals surface area contributed by atoms with E-state index in [1.165, 1.54) is 13.0 Å². The van der Waals surface area contributed by atoms with E-state index in [1.807, 2.05) is 0 Å². The molecule has 0 saturated heterocycles. The highest BCUT2D eigenvalue weighted by Crippen LogP contribution is 2.29. The highest BCUT2D eigenvalue weighted by Gasteiger charge is 2.18. The first kappa shape index (κ1) is 10.7. The van der Waals surface area contributed by atoms with E-state index in [1.54, 1.807) is 0 Å². The number of benzene rings is 1. The second kappa shape index (κ2) is 3.75. The predicted molar refractivity (Wildman–Crippen MR) is 49.9 cm³/mol. The molecular weight excluding hydrogens is 188 g/mol. The van der Waals surface area contributed by atoms with E-state index in [4.69, 9.17) is 10.8 Å². The first-order valence-corrected chi connectivity index (χ1v) is 4.04. The van der Waals surface area contributed by atoms with Gasteiger partial charge in [-0.2, -0.15) is 0 Å². The minimum atomic E-state index is -0.892. The Hall–Kier alpha value is -1.42. The van der Waals surface area contributed by atoms with E-state index in [0.29, 0.717) is 0 Å². The predicted octanol–water partition coefficient (Wildman–Crippen LogP) is 2.16. The molecule has 1 aromatic carbocycles. The zero-order valence-corrected chi connectivity index (χ0v) is 7.72. The summed E-state index contributed by atoms with van der Waals surface area (Å²) >= 11 is 0. The van der Waals surface area contributed by atoms with Crippen molar-refractivity contribution in [3.63, 3.8) is 0 Å². The first-order valence-electron chi connectivity index (χ1n) is 4.04. The van der Waals surface area contributed by atoms with Gasteiger partial charge in [0.2, 0.25) is 0 Å². The van der Waals surface area contributed by atoms with Gasteiger partial charge in [-0.25, -0.2) is 8.78 Å². The fraction of sp³-hybridized carbons (Fsp3) is 0.200. The molecule has 1 atom stereocenters. The largest absolute Gasteiger partial charge is 0.505 e. The summed E-state index contributed by atoms with van der Waals surface area (Å²) in [6.45, 7) is 4.78. The number of aromatic hydroxyl groups is 1. The van der Waals surface area contributed by atoms with Gasteiger partial charge in [-0.05, 0) is 12.5 Å². The molecule has 1 aromatic rings. The maximum atomic E-state index is 13.3. The number of phenols is 1. The van der Waals surface area contributed by atoms with Crippen molar-refractivity contribution in [2.24, 2.45) is 5.73 Å². The van der Waals surface area contributed by atoms with E-state index in [2.05, 4.69) is 6.58 Å². The topological polar surface area (TPSA) is 46.2 Å². The number of rotatable bonds is 2. The summed E-state index contributed by atoms with van der Waals surface area (Å²) in [7, 11) is 0. The van der Waals surface area contributed by atoms with Gasteiger partial charge in [-0.15, -0.1) is 6.58 Å². The molecule has 0 radical (unpaired) electrons. The van der Waals surface area contributed by atoms with E-state index < -0.39 is 23.4 Å². The average molecular weight is 199 g/mol. The number of nitrogens with two attached hydrogens (primary N) is 1. The fourth-order valence-corrected chi connectivity index (χ4v) is 1.24. The summed E-state index contributed by atoms with van der Waals surface area (Å²) in [5.41, 5.74) is 5.53. The van der Waals surface area contributed by atoms with Crippen LogP contribution in [0.25, 0.3) is 0 Å². The van der Waals surface area contributed by atoms with Crippen LogP contribution in [0.3, 0.4) is 0 Å². The Bertz CT molecular complexity index is 351. The van der Waals surface area contributed by atoms with Gasteiger partial charge in [0, 0.05) is 11.6 Å². The Kier molecular flexibility index (Phi) is 2.86. The van der Waals surface area contributed by atoms with Crippen molar-refractivity contribution in [1.82, 2.24) is 0 Å². The minimum Gasteiger partial charge on any atom is -0.505 e. The van der Waals surface area contributed by atoms with E-state index in [0.717, 1.165) is 6.07 Å². The second-order valence-corrected chi connectivity index (χ2v) is 2.99. The third kappa shape index (κ3) is 1.61.